The molecule has 0 saturated carbocycles. The van der Waals surface area contributed by atoms with Crippen molar-refractivity contribution in [1.82, 2.24) is 10.2 Å². The molecular formula is C14H26N2O3S. The first-order valence-corrected chi connectivity index (χ1v) is 8.65. The molecule has 0 aromatic rings. The van der Waals surface area contributed by atoms with Crippen LogP contribution in [0.3, 0.4) is 0 Å². The van der Waals surface area contributed by atoms with Crippen molar-refractivity contribution in [2.24, 2.45) is 0 Å². The molecule has 1 unspecified atom stereocenters. The molecule has 0 aromatic heterocycles. The van der Waals surface area contributed by atoms with Crippen LogP contribution in [0.5, 0.6) is 0 Å². The summed E-state index contributed by atoms with van der Waals surface area (Å²) >= 11 is 1.92. The van der Waals surface area contributed by atoms with Crippen LogP contribution in [0.1, 0.15) is 19.3 Å². The van der Waals surface area contributed by atoms with Crippen LogP contribution in [0.25, 0.3) is 0 Å². The molecule has 20 heavy (non-hydrogen) atoms. The van der Waals surface area contributed by atoms with E-state index in [9.17, 15) is 4.79 Å². The molecule has 2 heterocycles. The Labute approximate surface area is 125 Å². The Morgan fingerprint density at radius 3 is 2.80 bits per heavy atom. The number of hydrogen-bond acceptors (Lipinski definition) is 5. The van der Waals surface area contributed by atoms with Crippen molar-refractivity contribution in [1.29, 1.82) is 0 Å². The van der Waals surface area contributed by atoms with E-state index in [1.807, 2.05) is 16.7 Å². The summed E-state index contributed by atoms with van der Waals surface area (Å²) in [7, 11) is 1.68. The van der Waals surface area contributed by atoms with Gasteiger partial charge in [0, 0.05) is 25.4 Å². The van der Waals surface area contributed by atoms with Gasteiger partial charge in [0.1, 0.15) is 6.61 Å². The summed E-state index contributed by atoms with van der Waals surface area (Å²) in [6.45, 7) is 3.48. The predicted molar refractivity (Wildman–Crippen MR) is 81.2 cm³/mol. The van der Waals surface area contributed by atoms with E-state index in [0.717, 1.165) is 43.9 Å². The number of carbonyl (C=O) groups is 1. The average Bonchev–Trinajstić information content (AvgIpc) is 3.01. The molecule has 2 fully saturated rings. The normalized spacial score (nSPS) is 23.9. The standard InChI is InChI=1S/C14H26N2O3S/c1-18-8-7-16(12-4-9-20-11-12)14(17)10-19-13-2-5-15-6-3-13/h12-13,15H,2-11H2,1H3. The molecule has 0 spiro atoms. The number of nitrogens with one attached hydrogen (secondary N) is 1. The van der Waals surface area contributed by atoms with Crippen LogP contribution >= 0.6 is 11.8 Å². The lowest BCUT2D eigenvalue weighted by molar-refractivity contribution is -0.141. The number of amides is 1. The van der Waals surface area contributed by atoms with E-state index >= 15 is 0 Å². The first kappa shape index (κ1) is 16.1. The van der Waals surface area contributed by atoms with Gasteiger partial charge in [0.15, 0.2) is 0 Å². The highest BCUT2D eigenvalue weighted by Crippen LogP contribution is 2.22. The zero-order valence-electron chi connectivity index (χ0n) is 12.3. The molecule has 1 amide bonds. The van der Waals surface area contributed by atoms with Crippen molar-refractivity contribution >= 4 is 17.7 Å². The van der Waals surface area contributed by atoms with Crippen molar-refractivity contribution in [3.63, 3.8) is 0 Å². The Hall–Kier alpha value is -0.300. The first-order valence-electron chi connectivity index (χ1n) is 7.49. The molecule has 0 bridgehead atoms. The van der Waals surface area contributed by atoms with Crippen LogP contribution in [0, 0.1) is 0 Å². The quantitative estimate of drug-likeness (QED) is 0.751. The minimum Gasteiger partial charge on any atom is -0.383 e. The van der Waals surface area contributed by atoms with Crippen LogP contribution in [0.15, 0.2) is 0 Å². The monoisotopic (exact) mass is 302 g/mol. The van der Waals surface area contributed by atoms with Crippen LogP contribution < -0.4 is 5.32 Å². The Morgan fingerprint density at radius 2 is 2.15 bits per heavy atom. The van der Waals surface area contributed by atoms with Crippen LogP contribution in [0.4, 0.5) is 0 Å². The largest absolute Gasteiger partial charge is 0.383 e. The van der Waals surface area contributed by atoms with Gasteiger partial charge in [-0.25, -0.2) is 0 Å². The fourth-order valence-electron chi connectivity index (χ4n) is 2.70. The van der Waals surface area contributed by atoms with Crippen LogP contribution in [0.2, 0.25) is 0 Å². The van der Waals surface area contributed by atoms with Gasteiger partial charge in [0.05, 0.1) is 12.7 Å². The average molecular weight is 302 g/mol. The molecule has 0 aromatic carbocycles. The fraction of sp³-hybridized carbons (Fsp3) is 0.929. The summed E-state index contributed by atoms with van der Waals surface area (Å²) in [5.41, 5.74) is 0. The number of methoxy groups -OCH3 is 1. The number of rotatable bonds is 7. The van der Waals surface area contributed by atoms with Crippen LogP contribution in [-0.4, -0.2) is 74.4 Å². The highest BCUT2D eigenvalue weighted by molar-refractivity contribution is 7.99. The Morgan fingerprint density at radius 1 is 1.35 bits per heavy atom. The van der Waals surface area contributed by atoms with Crippen molar-refractivity contribution in [3.05, 3.63) is 0 Å². The zero-order valence-corrected chi connectivity index (χ0v) is 13.1. The highest BCUT2D eigenvalue weighted by Gasteiger charge is 2.27. The maximum Gasteiger partial charge on any atom is 0.248 e. The molecule has 5 nitrogen and oxygen atoms in total. The molecular weight excluding hydrogens is 276 g/mol. The Kier molecular flexibility index (Phi) is 7.13. The summed E-state index contributed by atoms with van der Waals surface area (Å²) in [5.74, 6) is 2.31. The summed E-state index contributed by atoms with van der Waals surface area (Å²) < 4.78 is 10.9. The van der Waals surface area contributed by atoms with Gasteiger partial charge < -0.3 is 19.7 Å². The molecule has 6 heteroatoms. The lowest BCUT2D eigenvalue weighted by Crippen LogP contribution is -2.45. The van der Waals surface area contributed by atoms with Crippen molar-refractivity contribution in [2.45, 2.75) is 31.4 Å². The second-order valence-electron chi connectivity index (χ2n) is 5.36. The third kappa shape index (κ3) is 4.91. The van der Waals surface area contributed by atoms with Gasteiger partial charge in [-0.3, -0.25) is 4.79 Å². The maximum absolute atomic E-state index is 12.4. The highest BCUT2D eigenvalue weighted by atomic mass is 32.2. The summed E-state index contributed by atoms with van der Waals surface area (Å²) in [6, 6.07) is 0.360. The second kappa shape index (κ2) is 8.87. The second-order valence-corrected chi connectivity index (χ2v) is 6.51. The lowest BCUT2D eigenvalue weighted by atomic mass is 10.1. The molecule has 0 aliphatic carbocycles. The molecule has 1 N–H and O–H groups in total. The number of carbonyl (C=O) groups excluding carboxylic acids is 1. The number of thioether (sulfide) groups is 1. The van der Waals surface area contributed by atoms with E-state index in [-0.39, 0.29) is 18.6 Å². The van der Waals surface area contributed by atoms with Crippen molar-refractivity contribution in [3.8, 4) is 0 Å². The number of nitrogens with zero attached hydrogens (tertiary/aromatic N) is 1. The molecule has 2 aliphatic heterocycles. The van der Waals surface area contributed by atoms with E-state index in [1.54, 1.807) is 7.11 Å². The fourth-order valence-corrected chi connectivity index (χ4v) is 3.93. The van der Waals surface area contributed by atoms with E-state index in [4.69, 9.17) is 9.47 Å². The third-order valence-electron chi connectivity index (χ3n) is 3.93. The predicted octanol–water partition coefficient (Wildman–Crippen LogP) is 0.736. The van der Waals surface area contributed by atoms with Crippen molar-refractivity contribution < 1.29 is 14.3 Å². The van der Waals surface area contributed by atoms with Gasteiger partial charge in [-0.15, -0.1) is 0 Å². The zero-order chi connectivity index (χ0) is 14.2. The van der Waals surface area contributed by atoms with Gasteiger partial charge in [-0.2, -0.15) is 11.8 Å². The third-order valence-corrected chi connectivity index (χ3v) is 5.08. The number of hydrogen-bond donors (Lipinski definition) is 1. The number of ether oxygens (including phenoxy) is 2. The van der Waals surface area contributed by atoms with Crippen molar-refractivity contribution in [2.75, 3.05) is 51.5 Å². The van der Waals surface area contributed by atoms with Crippen LogP contribution in [-0.2, 0) is 14.3 Å². The van der Waals surface area contributed by atoms with E-state index in [1.165, 1.54) is 0 Å². The summed E-state index contributed by atoms with van der Waals surface area (Å²) in [5, 5.41) is 3.30. The molecule has 2 rings (SSSR count). The van der Waals surface area contributed by atoms with Gasteiger partial charge in [0.25, 0.3) is 0 Å². The first-order chi connectivity index (χ1) is 9.81. The number of piperidine rings is 1. The van der Waals surface area contributed by atoms with Gasteiger partial charge in [-0.1, -0.05) is 0 Å². The molecule has 2 saturated heterocycles. The topological polar surface area (TPSA) is 50.8 Å². The van der Waals surface area contributed by atoms with E-state index in [0.29, 0.717) is 19.2 Å². The Bertz CT molecular complexity index is 292. The van der Waals surface area contributed by atoms with Gasteiger partial charge in [-0.05, 0) is 38.1 Å². The van der Waals surface area contributed by atoms with Gasteiger partial charge >= 0.3 is 0 Å². The Balaban J connectivity index is 1.78. The SMILES string of the molecule is COCCN(C(=O)COC1CCNCC1)C1CCSC1. The van der Waals surface area contributed by atoms with E-state index < -0.39 is 0 Å². The summed E-state index contributed by atoms with van der Waals surface area (Å²) in [4.78, 5) is 14.4. The molecule has 2 aliphatic rings. The minimum absolute atomic E-state index is 0.119. The molecule has 116 valence electrons. The maximum atomic E-state index is 12.4. The minimum atomic E-state index is 0.119. The smallest absolute Gasteiger partial charge is 0.248 e. The van der Waals surface area contributed by atoms with E-state index in [2.05, 4.69) is 5.32 Å². The van der Waals surface area contributed by atoms with Gasteiger partial charge in [0.2, 0.25) is 5.91 Å². The molecule has 1 atom stereocenters. The molecule has 0 radical (unpaired) electrons. The lowest BCUT2D eigenvalue weighted by Gasteiger charge is -2.30. The summed E-state index contributed by atoms with van der Waals surface area (Å²) in [6.07, 6.45) is 3.34.